The number of para-hydroxylation sites is 3. The molecule has 3 aliphatic rings. The Kier molecular flexibility index (Phi) is 7.88. The number of fused-ring (bicyclic) bond motifs is 6. The second kappa shape index (κ2) is 14.1. The Morgan fingerprint density at radius 3 is 1.17 bits per heavy atom. The summed E-state index contributed by atoms with van der Waals surface area (Å²) in [5.74, 6) is 0.224. The molecule has 0 spiro atoms. The third kappa shape index (κ3) is 5.24. The van der Waals surface area contributed by atoms with Crippen LogP contribution in [-0.2, 0) is 0 Å². The third-order valence-electron chi connectivity index (χ3n) is 14.6. The minimum atomic E-state index is 0.111. The second-order valence-electron chi connectivity index (χ2n) is 17.9. The molecule has 0 N–H and O–H groups in total. The van der Waals surface area contributed by atoms with Crippen molar-refractivity contribution < 1.29 is 0 Å². The van der Waals surface area contributed by atoms with E-state index in [-0.39, 0.29) is 11.8 Å². The molecule has 0 radical (unpaired) electrons. The molecule has 3 heteroatoms. The van der Waals surface area contributed by atoms with Gasteiger partial charge in [-0.3, -0.25) is 0 Å². The molecule has 0 saturated carbocycles. The van der Waals surface area contributed by atoms with Crippen molar-refractivity contribution in [1.29, 1.82) is 5.26 Å². The van der Waals surface area contributed by atoms with Gasteiger partial charge in [0.2, 0.25) is 0 Å². The number of nitriles is 1. The molecule has 10 aromatic carbocycles. The lowest BCUT2D eigenvalue weighted by Crippen LogP contribution is -2.28. The highest BCUT2D eigenvalue weighted by Gasteiger charge is 2.43. The Balaban J connectivity index is 0.897. The highest BCUT2D eigenvalue weighted by atomic mass is 15.0. The molecule has 2 aromatic heterocycles. The van der Waals surface area contributed by atoms with Crippen molar-refractivity contribution in [2.24, 2.45) is 0 Å². The summed E-state index contributed by atoms with van der Waals surface area (Å²) in [4.78, 5) is 0. The Hall–Kier alpha value is -8.71. The van der Waals surface area contributed by atoms with Crippen molar-refractivity contribution in [1.82, 2.24) is 9.13 Å². The average molecular weight is 838 g/mol. The van der Waals surface area contributed by atoms with Crippen LogP contribution in [0.25, 0.3) is 88.4 Å². The standard InChI is InChI=1S/C63H39N3/c64-38-39-22-24-40(25-23-39)46-32-33-47(63-61-52-18-6-4-16-50(52)60(62(46)63)51-17-5-7-19-53(51)61)41-26-30-45(31-27-41)66-57-21-11-9-15-49(57)55-37-43(29-35-59(55)66)42-28-34-58-54(36-42)48-14-8-10-20-56(48)65(58)44-12-2-1-3-13-44/h1-37,60-61H. The molecule has 0 saturated heterocycles. The number of hydrogen-bond acceptors (Lipinski definition) is 1. The van der Waals surface area contributed by atoms with E-state index in [1.165, 1.54) is 110 Å². The highest BCUT2D eigenvalue weighted by Crippen LogP contribution is 2.60. The van der Waals surface area contributed by atoms with Crippen molar-refractivity contribution >= 4 is 43.6 Å². The molecule has 0 atom stereocenters. The van der Waals surface area contributed by atoms with E-state index in [4.69, 9.17) is 0 Å². The van der Waals surface area contributed by atoms with Gasteiger partial charge >= 0.3 is 0 Å². The first-order valence-electron chi connectivity index (χ1n) is 22.8. The lowest BCUT2D eigenvalue weighted by molar-refractivity contribution is 0.757. The van der Waals surface area contributed by atoms with Gasteiger partial charge < -0.3 is 9.13 Å². The smallest absolute Gasteiger partial charge is 0.0991 e. The Morgan fingerprint density at radius 2 is 0.697 bits per heavy atom. The lowest BCUT2D eigenvalue weighted by atomic mass is 9.58. The Morgan fingerprint density at radius 1 is 0.318 bits per heavy atom. The average Bonchev–Trinajstić information content (AvgIpc) is 3.91. The van der Waals surface area contributed by atoms with Gasteiger partial charge in [0, 0.05) is 44.8 Å². The predicted molar refractivity (Wildman–Crippen MR) is 271 cm³/mol. The molecule has 2 heterocycles. The van der Waals surface area contributed by atoms with E-state index in [9.17, 15) is 5.26 Å². The van der Waals surface area contributed by atoms with Crippen molar-refractivity contribution in [3.05, 3.63) is 263 Å². The quantitative estimate of drug-likeness (QED) is 0.170. The molecule has 66 heavy (non-hydrogen) atoms. The second-order valence-corrected chi connectivity index (χ2v) is 17.9. The van der Waals surface area contributed by atoms with Crippen LogP contribution < -0.4 is 0 Å². The molecule has 15 rings (SSSR count). The van der Waals surface area contributed by atoms with Gasteiger partial charge in [-0.05, 0) is 140 Å². The van der Waals surface area contributed by atoms with Crippen LogP contribution in [-0.4, -0.2) is 9.13 Å². The van der Waals surface area contributed by atoms with Crippen molar-refractivity contribution in [3.8, 4) is 50.8 Å². The molecule has 0 unspecified atom stereocenters. The van der Waals surface area contributed by atoms with E-state index >= 15 is 0 Å². The van der Waals surface area contributed by atoms with Gasteiger partial charge in [0.05, 0.1) is 33.7 Å². The molecule has 3 aliphatic carbocycles. The van der Waals surface area contributed by atoms with Crippen LogP contribution in [0.1, 0.15) is 50.8 Å². The molecule has 0 fully saturated rings. The fourth-order valence-electron chi connectivity index (χ4n) is 11.7. The van der Waals surface area contributed by atoms with Crippen molar-refractivity contribution in [2.75, 3.05) is 0 Å². The van der Waals surface area contributed by atoms with Crippen molar-refractivity contribution in [3.63, 3.8) is 0 Å². The summed E-state index contributed by atoms with van der Waals surface area (Å²) >= 11 is 0. The molecule has 0 amide bonds. The summed E-state index contributed by atoms with van der Waals surface area (Å²) in [6, 6.07) is 84.5. The van der Waals surface area contributed by atoms with Gasteiger partial charge in [-0.2, -0.15) is 5.26 Å². The maximum absolute atomic E-state index is 9.63. The first kappa shape index (κ1) is 36.7. The molecule has 3 nitrogen and oxygen atoms in total. The highest BCUT2D eigenvalue weighted by molar-refractivity contribution is 6.12. The summed E-state index contributed by atoms with van der Waals surface area (Å²) in [5, 5.41) is 14.6. The number of benzene rings is 10. The normalized spacial score (nSPS) is 14.7. The van der Waals surface area contributed by atoms with Gasteiger partial charge in [-0.15, -0.1) is 0 Å². The van der Waals surface area contributed by atoms with Gasteiger partial charge in [0.25, 0.3) is 0 Å². The summed E-state index contributed by atoms with van der Waals surface area (Å²) in [6.45, 7) is 0. The molecule has 0 aliphatic heterocycles. The number of rotatable bonds is 5. The first-order valence-corrected chi connectivity index (χ1v) is 22.8. The third-order valence-corrected chi connectivity index (χ3v) is 14.6. The first-order chi connectivity index (χ1) is 32.7. The minimum Gasteiger partial charge on any atom is -0.309 e. The predicted octanol–water partition coefficient (Wildman–Crippen LogP) is 15.7. The van der Waals surface area contributed by atoms with Gasteiger partial charge in [0.15, 0.2) is 0 Å². The summed E-state index contributed by atoms with van der Waals surface area (Å²) < 4.78 is 4.80. The maximum atomic E-state index is 9.63. The topological polar surface area (TPSA) is 33.6 Å². The zero-order valence-electron chi connectivity index (χ0n) is 35.9. The van der Waals surface area contributed by atoms with Crippen LogP contribution >= 0.6 is 0 Å². The van der Waals surface area contributed by atoms with E-state index in [0.717, 1.165) is 11.3 Å². The van der Waals surface area contributed by atoms with E-state index in [0.29, 0.717) is 5.56 Å². The van der Waals surface area contributed by atoms with Crippen LogP contribution in [0.2, 0.25) is 0 Å². The van der Waals surface area contributed by atoms with Crippen LogP contribution in [0.4, 0.5) is 0 Å². The summed E-state index contributed by atoms with van der Waals surface area (Å²) in [6.07, 6.45) is 0. The minimum absolute atomic E-state index is 0.111. The van der Waals surface area contributed by atoms with E-state index in [1.807, 2.05) is 12.1 Å². The number of hydrogen-bond donors (Lipinski definition) is 0. The fourth-order valence-corrected chi connectivity index (χ4v) is 11.7. The molecule has 12 aromatic rings. The SMILES string of the molecule is N#Cc1ccc(-c2ccc(-c3ccc(-n4c5ccccc5c5cc(-c6ccc7c(c6)c6ccccc6n7-c6ccccc6)ccc54)cc3)c3c2C2c4ccccc4C3c3ccccc32)cc1. The Labute approximate surface area is 382 Å². The van der Waals surface area contributed by atoms with Gasteiger partial charge in [-0.1, -0.05) is 152 Å². The monoisotopic (exact) mass is 837 g/mol. The zero-order chi connectivity index (χ0) is 43.5. The van der Waals surface area contributed by atoms with Crippen LogP contribution in [0.5, 0.6) is 0 Å². The largest absolute Gasteiger partial charge is 0.309 e. The Bertz CT molecular complexity index is 3940. The number of aromatic nitrogens is 2. The van der Waals surface area contributed by atoms with E-state index in [1.54, 1.807) is 0 Å². The lowest BCUT2D eigenvalue weighted by Gasteiger charge is -2.44. The van der Waals surface area contributed by atoms with Crippen LogP contribution in [0.3, 0.4) is 0 Å². The van der Waals surface area contributed by atoms with Gasteiger partial charge in [-0.25, -0.2) is 0 Å². The zero-order valence-corrected chi connectivity index (χ0v) is 35.9. The fraction of sp³-hybridized carbons (Fsp3) is 0.0317. The summed E-state index contributed by atoms with van der Waals surface area (Å²) in [7, 11) is 0. The van der Waals surface area contributed by atoms with Gasteiger partial charge in [0.1, 0.15) is 0 Å². The molecule has 2 bridgehead atoms. The van der Waals surface area contributed by atoms with Crippen LogP contribution in [0.15, 0.2) is 224 Å². The summed E-state index contributed by atoms with van der Waals surface area (Å²) in [5.41, 5.74) is 23.3. The van der Waals surface area contributed by atoms with E-state index in [2.05, 4.69) is 228 Å². The van der Waals surface area contributed by atoms with Crippen molar-refractivity contribution in [2.45, 2.75) is 11.8 Å². The molecular formula is C63H39N3. The molecule has 306 valence electrons. The maximum Gasteiger partial charge on any atom is 0.0991 e. The number of nitrogens with zero attached hydrogens (tertiary/aromatic N) is 3. The van der Waals surface area contributed by atoms with Crippen LogP contribution in [0, 0.1) is 11.3 Å². The molecular weight excluding hydrogens is 799 g/mol. The van der Waals surface area contributed by atoms with E-state index < -0.39 is 0 Å².